The van der Waals surface area contributed by atoms with E-state index >= 15 is 0 Å². The van der Waals surface area contributed by atoms with E-state index in [1.165, 1.54) is 12.1 Å². The SMILES string of the molecule is CNC(=O)CCNCc1ccc(Cl)c(F)c1. The van der Waals surface area contributed by atoms with Crippen LogP contribution in [0.25, 0.3) is 0 Å². The van der Waals surface area contributed by atoms with Crippen LogP contribution in [-0.4, -0.2) is 19.5 Å². The summed E-state index contributed by atoms with van der Waals surface area (Å²) in [5, 5.41) is 5.69. The summed E-state index contributed by atoms with van der Waals surface area (Å²) in [6, 6.07) is 4.65. The smallest absolute Gasteiger partial charge is 0.221 e. The van der Waals surface area contributed by atoms with Crippen LogP contribution in [0.3, 0.4) is 0 Å². The minimum atomic E-state index is -0.424. The van der Waals surface area contributed by atoms with Gasteiger partial charge in [0, 0.05) is 26.6 Å². The van der Waals surface area contributed by atoms with Gasteiger partial charge < -0.3 is 10.6 Å². The molecule has 3 nitrogen and oxygen atoms in total. The summed E-state index contributed by atoms with van der Waals surface area (Å²) >= 11 is 5.55. The van der Waals surface area contributed by atoms with Gasteiger partial charge in [0.1, 0.15) is 5.82 Å². The van der Waals surface area contributed by atoms with Crippen LogP contribution in [0, 0.1) is 5.82 Å². The van der Waals surface area contributed by atoms with E-state index in [-0.39, 0.29) is 10.9 Å². The lowest BCUT2D eigenvalue weighted by Gasteiger charge is -2.05. The monoisotopic (exact) mass is 244 g/mol. The average molecular weight is 245 g/mol. The van der Waals surface area contributed by atoms with E-state index < -0.39 is 5.82 Å². The van der Waals surface area contributed by atoms with Gasteiger partial charge in [-0.25, -0.2) is 4.39 Å². The Morgan fingerprint density at radius 2 is 2.25 bits per heavy atom. The molecule has 0 radical (unpaired) electrons. The second-order valence-corrected chi connectivity index (χ2v) is 3.76. The molecular formula is C11H14ClFN2O. The summed E-state index contributed by atoms with van der Waals surface area (Å²) in [5.41, 5.74) is 0.804. The summed E-state index contributed by atoms with van der Waals surface area (Å²) in [4.78, 5) is 10.9. The molecule has 1 aromatic carbocycles. The van der Waals surface area contributed by atoms with Gasteiger partial charge in [-0.3, -0.25) is 4.79 Å². The highest BCUT2D eigenvalue weighted by Gasteiger charge is 2.01. The van der Waals surface area contributed by atoms with Crippen LogP contribution in [0.5, 0.6) is 0 Å². The molecule has 0 aromatic heterocycles. The summed E-state index contributed by atoms with van der Waals surface area (Å²) in [7, 11) is 1.59. The molecule has 0 aliphatic carbocycles. The van der Waals surface area contributed by atoms with E-state index in [9.17, 15) is 9.18 Å². The molecule has 0 atom stereocenters. The molecular weight excluding hydrogens is 231 g/mol. The fraction of sp³-hybridized carbons (Fsp3) is 0.364. The maximum absolute atomic E-state index is 13.0. The molecule has 0 aliphatic rings. The first-order valence-corrected chi connectivity index (χ1v) is 5.36. The molecule has 0 saturated heterocycles. The maximum atomic E-state index is 13.0. The highest BCUT2D eigenvalue weighted by atomic mass is 35.5. The van der Waals surface area contributed by atoms with Crippen molar-refractivity contribution in [3.8, 4) is 0 Å². The van der Waals surface area contributed by atoms with Crippen molar-refractivity contribution in [2.75, 3.05) is 13.6 Å². The zero-order valence-corrected chi connectivity index (χ0v) is 9.77. The van der Waals surface area contributed by atoms with Gasteiger partial charge in [0.2, 0.25) is 5.91 Å². The highest BCUT2D eigenvalue weighted by molar-refractivity contribution is 6.30. The lowest BCUT2D eigenvalue weighted by molar-refractivity contribution is -0.120. The quantitative estimate of drug-likeness (QED) is 0.775. The lowest BCUT2D eigenvalue weighted by atomic mass is 10.2. The van der Waals surface area contributed by atoms with Crippen molar-refractivity contribution in [1.29, 1.82) is 0 Å². The topological polar surface area (TPSA) is 41.1 Å². The van der Waals surface area contributed by atoms with E-state index in [2.05, 4.69) is 10.6 Å². The van der Waals surface area contributed by atoms with Crippen molar-refractivity contribution in [2.45, 2.75) is 13.0 Å². The molecule has 0 unspecified atom stereocenters. The van der Waals surface area contributed by atoms with Crippen LogP contribution in [-0.2, 0) is 11.3 Å². The van der Waals surface area contributed by atoms with E-state index in [0.717, 1.165) is 5.56 Å². The number of benzene rings is 1. The van der Waals surface area contributed by atoms with Gasteiger partial charge in [0.15, 0.2) is 0 Å². The van der Waals surface area contributed by atoms with Crippen LogP contribution in [0.15, 0.2) is 18.2 Å². The van der Waals surface area contributed by atoms with Gasteiger partial charge >= 0.3 is 0 Å². The number of carbonyl (C=O) groups excluding carboxylic acids is 1. The molecule has 5 heteroatoms. The van der Waals surface area contributed by atoms with Crippen LogP contribution in [0.4, 0.5) is 4.39 Å². The Kier molecular flexibility index (Phi) is 5.22. The Hall–Kier alpha value is -1.13. The Morgan fingerprint density at radius 3 is 2.88 bits per heavy atom. The van der Waals surface area contributed by atoms with E-state index in [1.807, 2.05) is 0 Å². The molecule has 0 fully saturated rings. The second-order valence-electron chi connectivity index (χ2n) is 3.35. The van der Waals surface area contributed by atoms with Crippen molar-refractivity contribution in [3.63, 3.8) is 0 Å². The third-order valence-electron chi connectivity index (χ3n) is 2.12. The molecule has 0 bridgehead atoms. The van der Waals surface area contributed by atoms with Gasteiger partial charge in [-0.2, -0.15) is 0 Å². The largest absolute Gasteiger partial charge is 0.359 e. The fourth-order valence-corrected chi connectivity index (χ4v) is 1.33. The molecule has 0 saturated carbocycles. The van der Waals surface area contributed by atoms with Crippen LogP contribution in [0.1, 0.15) is 12.0 Å². The summed E-state index contributed by atoms with van der Waals surface area (Å²) in [6.45, 7) is 1.08. The molecule has 2 N–H and O–H groups in total. The van der Waals surface area contributed by atoms with E-state index in [0.29, 0.717) is 19.5 Å². The molecule has 0 heterocycles. The highest BCUT2D eigenvalue weighted by Crippen LogP contribution is 2.15. The fourth-order valence-electron chi connectivity index (χ4n) is 1.21. The zero-order valence-electron chi connectivity index (χ0n) is 9.02. The van der Waals surface area contributed by atoms with Crippen LogP contribution in [0.2, 0.25) is 5.02 Å². The predicted molar refractivity (Wildman–Crippen MR) is 61.8 cm³/mol. The van der Waals surface area contributed by atoms with Gasteiger partial charge in [-0.1, -0.05) is 17.7 Å². The Morgan fingerprint density at radius 1 is 1.50 bits per heavy atom. The third-order valence-corrected chi connectivity index (χ3v) is 2.43. The molecule has 1 rings (SSSR count). The van der Waals surface area contributed by atoms with Crippen molar-refractivity contribution in [2.24, 2.45) is 0 Å². The lowest BCUT2D eigenvalue weighted by Crippen LogP contribution is -2.24. The van der Waals surface area contributed by atoms with Gasteiger partial charge in [0.25, 0.3) is 0 Å². The minimum Gasteiger partial charge on any atom is -0.359 e. The van der Waals surface area contributed by atoms with E-state index in [1.54, 1.807) is 13.1 Å². The Bertz CT molecular complexity index is 371. The maximum Gasteiger partial charge on any atom is 0.221 e. The Labute approximate surface area is 99.0 Å². The van der Waals surface area contributed by atoms with Crippen LogP contribution >= 0.6 is 11.6 Å². The molecule has 16 heavy (non-hydrogen) atoms. The van der Waals surface area contributed by atoms with Crippen LogP contribution < -0.4 is 10.6 Å². The number of halogens is 2. The summed E-state index contributed by atoms with van der Waals surface area (Å²) in [6.07, 6.45) is 0.409. The van der Waals surface area contributed by atoms with Crippen molar-refractivity contribution < 1.29 is 9.18 Å². The number of hydrogen-bond acceptors (Lipinski definition) is 2. The normalized spacial score (nSPS) is 10.2. The van der Waals surface area contributed by atoms with Gasteiger partial charge in [-0.05, 0) is 17.7 Å². The molecule has 88 valence electrons. The first-order valence-electron chi connectivity index (χ1n) is 4.98. The number of amides is 1. The number of carbonyl (C=O) groups is 1. The first-order chi connectivity index (χ1) is 7.63. The van der Waals surface area contributed by atoms with Crippen molar-refractivity contribution in [1.82, 2.24) is 10.6 Å². The molecule has 1 amide bonds. The van der Waals surface area contributed by atoms with Gasteiger partial charge in [-0.15, -0.1) is 0 Å². The second kappa shape index (κ2) is 6.45. The molecule has 0 aliphatic heterocycles. The van der Waals surface area contributed by atoms with Crippen molar-refractivity contribution >= 4 is 17.5 Å². The van der Waals surface area contributed by atoms with Crippen molar-refractivity contribution in [3.05, 3.63) is 34.6 Å². The minimum absolute atomic E-state index is 0.0187. The summed E-state index contributed by atoms with van der Waals surface area (Å²) < 4.78 is 13.0. The predicted octanol–water partition coefficient (Wildman–Crippen LogP) is 1.70. The summed E-state index contributed by atoms with van der Waals surface area (Å²) in [5.74, 6) is -0.443. The zero-order chi connectivity index (χ0) is 12.0. The standard InChI is InChI=1S/C11H14ClFN2O/c1-14-11(16)4-5-15-7-8-2-3-9(12)10(13)6-8/h2-3,6,15H,4-5,7H2,1H3,(H,14,16). The first kappa shape index (κ1) is 12.9. The number of rotatable bonds is 5. The number of nitrogens with one attached hydrogen (secondary N) is 2. The molecule has 1 aromatic rings. The van der Waals surface area contributed by atoms with Gasteiger partial charge in [0.05, 0.1) is 5.02 Å². The average Bonchev–Trinajstić information content (AvgIpc) is 2.28. The Balaban J connectivity index is 2.32. The number of hydrogen-bond donors (Lipinski definition) is 2. The third kappa shape index (κ3) is 4.16. The molecule has 0 spiro atoms. The van der Waals surface area contributed by atoms with E-state index in [4.69, 9.17) is 11.6 Å².